The second kappa shape index (κ2) is 9.03. The van der Waals surface area contributed by atoms with Gasteiger partial charge in [-0.05, 0) is 58.7 Å². The molecular formula is C20H27FN2O5. The first-order chi connectivity index (χ1) is 13.0. The number of amides is 2. The standard InChI is InChI=1S/C20H27FN2O5/c1-13(17(24)22-16-7-5-6-15(21)12-16)27-18(25)14-8-10-23(11-9-14)19(26)28-20(2,3)4/h5-7,12-14H,8-11H2,1-4H3,(H,22,24)/t13-/m1/s1. The second-order valence-corrected chi connectivity index (χ2v) is 7.82. The van der Waals surface area contributed by atoms with Gasteiger partial charge in [0, 0.05) is 18.8 Å². The zero-order chi connectivity index (χ0) is 20.9. The maximum Gasteiger partial charge on any atom is 0.410 e. The highest BCUT2D eigenvalue weighted by Crippen LogP contribution is 2.21. The van der Waals surface area contributed by atoms with Crippen LogP contribution in [0, 0.1) is 11.7 Å². The predicted octanol–water partition coefficient (Wildman–Crippen LogP) is 3.34. The summed E-state index contributed by atoms with van der Waals surface area (Å²) in [5, 5.41) is 2.51. The first kappa shape index (κ1) is 21.7. The molecule has 0 radical (unpaired) electrons. The number of nitrogens with zero attached hydrogens (tertiary/aromatic N) is 1. The van der Waals surface area contributed by atoms with Crippen LogP contribution in [0.25, 0.3) is 0 Å². The lowest BCUT2D eigenvalue weighted by atomic mass is 9.97. The number of hydrogen-bond acceptors (Lipinski definition) is 5. The van der Waals surface area contributed by atoms with Gasteiger partial charge in [-0.1, -0.05) is 6.07 Å². The summed E-state index contributed by atoms with van der Waals surface area (Å²) < 4.78 is 23.8. The van der Waals surface area contributed by atoms with E-state index in [9.17, 15) is 18.8 Å². The third-order valence-corrected chi connectivity index (χ3v) is 4.23. The molecule has 1 fully saturated rings. The lowest BCUT2D eigenvalue weighted by molar-refractivity contribution is -0.158. The number of piperidine rings is 1. The summed E-state index contributed by atoms with van der Waals surface area (Å²) in [7, 11) is 0. The van der Waals surface area contributed by atoms with E-state index < -0.39 is 35.5 Å². The zero-order valence-corrected chi connectivity index (χ0v) is 16.7. The molecule has 1 N–H and O–H groups in total. The fourth-order valence-corrected chi connectivity index (χ4v) is 2.76. The molecule has 1 aromatic rings. The van der Waals surface area contributed by atoms with Gasteiger partial charge in [-0.3, -0.25) is 9.59 Å². The lowest BCUT2D eigenvalue weighted by Gasteiger charge is -2.32. The average Bonchev–Trinajstić information content (AvgIpc) is 2.60. The smallest absolute Gasteiger partial charge is 0.410 e. The summed E-state index contributed by atoms with van der Waals surface area (Å²) in [4.78, 5) is 38.1. The fraction of sp³-hybridized carbons (Fsp3) is 0.550. The van der Waals surface area contributed by atoms with Gasteiger partial charge in [0.05, 0.1) is 5.92 Å². The van der Waals surface area contributed by atoms with Crippen LogP contribution in [0.2, 0.25) is 0 Å². The SMILES string of the molecule is C[C@@H](OC(=O)C1CCN(C(=O)OC(C)(C)C)CC1)C(=O)Nc1cccc(F)c1. The molecule has 0 bridgehead atoms. The second-order valence-electron chi connectivity index (χ2n) is 7.82. The largest absolute Gasteiger partial charge is 0.452 e. The van der Waals surface area contributed by atoms with E-state index in [-0.39, 0.29) is 5.92 Å². The molecule has 0 unspecified atom stereocenters. The molecule has 2 amide bonds. The summed E-state index contributed by atoms with van der Waals surface area (Å²) in [5.41, 5.74) is -0.282. The number of rotatable bonds is 4. The molecule has 1 saturated heterocycles. The van der Waals surface area contributed by atoms with Crippen LogP contribution < -0.4 is 5.32 Å². The van der Waals surface area contributed by atoms with E-state index in [2.05, 4.69) is 5.32 Å². The van der Waals surface area contributed by atoms with E-state index in [4.69, 9.17) is 9.47 Å². The summed E-state index contributed by atoms with van der Waals surface area (Å²) in [6.45, 7) is 7.63. The number of anilines is 1. The van der Waals surface area contributed by atoms with E-state index in [0.29, 0.717) is 31.6 Å². The molecule has 1 aromatic carbocycles. The first-order valence-corrected chi connectivity index (χ1v) is 9.30. The molecule has 1 heterocycles. The van der Waals surface area contributed by atoms with E-state index in [1.54, 1.807) is 31.7 Å². The summed E-state index contributed by atoms with van der Waals surface area (Å²) >= 11 is 0. The van der Waals surface area contributed by atoms with Crippen LogP contribution in [-0.4, -0.2) is 47.7 Å². The summed E-state index contributed by atoms with van der Waals surface area (Å²) in [6, 6.07) is 5.46. The molecular weight excluding hydrogens is 367 g/mol. The highest BCUT2D eigenvalue weighted by molar-refractivity contribution is 5.95. The number of likely N-dealkylation sites (tertiary alicyclic amines) is 1. The van der Waals surface area contributed by atoms with Crippen LogP contribution in [0.15, 0.2) is 24.3 Å². The summed E-state index contributed by atoms with van der Waals surface area (Å²) in [6.07, 6.45) is -0.533. The van der Waals surface area contributed by atoms with Crippen LogP contribution in [-0.2, 0) is 19.1 Å². The number of carbonyl (C=O) groups excluding carboxylic acids is 3. The van der Waals surface area contributed by atoms with E-state index >= 15 is 0 Å². The van der Waals surface area contributed by atoms with Crippen LogP contribution in [0.4, 0.5) is 14.9 Å². The Hall–Kier alpha value is -2.64. The molecule has 1 atom stereocenters. The number of nitrogens with one attached hydrogen (secondary N) is 1. The molecule has 8 heteroatoms. The molecule has 2 rings (SSSR count). The van der Waals surface area contributed by atoms with Gasteiger partial charge in [0.1, 0.15) is 11.4 Å². The molecule has 28 heavy (non-hydrogen) atoms. The van der Waals surface area contributed by atoms with Crippen LogP contribution in [0.5, 0.6) is 0 Å². The molecule has 1 aliphatic rings. The maximum atomic E-state index is 13.2. The molecule has 154 valence electrons. The number of halogens is 1. The van der Waals surface area contributed by atoms with E-state index in [0.717, 1.165) is 0 Å². The number of carbonyl (C=O) groups is 3. The zero-order valence-electron chi connectivity index (χ0n) is 16.7. The van der Waals surface area contributed by atoms with Crippen molar-refractivity contribution in [3.63, 3.8) is 0 Å². The molecule has 7 nitrogen and oxygen atoms in total. The Bertz CT molecular complexity index is 724. The quantitative estimate of drug-likeness (QED) is 0.792. The number of ether oxygens (including phenoxy) is 2. The highest BCUT2D eigenvalue weighted by Gasteiger charge is 2.32. The molecule has 1 aliphatic heterocycles. The van der Waals surface area contributed by atoms with E-state index in [1.165, 1.54) is 25.1 Å². The van der Waals surface area contributed by atoms with E-state index in [1.807, 2.05) is 0 Å². The molecule has 0 aromatic heterocycles. The van der Waals surface area contributed by atoms with Crippen LogP contribution >= 0.6 is 0 Å². The molecule has 0 saturated carbocycles. The first-order valence-electron chi connectivity index (χ1n) is 9.30. The maximum absolute atomic E-state index is 13.2. The Kier molecular flexibility index (Phi) is 6.99. The van der Waals surface area contributed by atoms with Gasteiger partial charge in [-0.25, -0.2) is 9.18 Å². The Morgan fingerprint density at radius 3 is 2.43 bits per heavy atom. The predicted molar refractivity (Wildman–Crippen MR) is 101 cm³/mol. The fourth-order valence-electron chi connectivity index (χ4n) is 2.76. The lowest BCUT2D eigenvalue weighted by Crippen LogP contribution is -2.43. The number of hydrogen-bond donors (Lipinski definition) is 1. The third kappa shape index (κ3) is 6.51. The van der Waals surface area contributed by atoms with Crippen molar-refractivity contribution in [1.29, 1.82) is 0 Å². The van der Waals surface area contributed by atoms with Crippen molar-refractivity contribution in [2.24, 2.45) is 5.92 Å². The monoisotopic (exact) mass is 394 g/mol. The van der Waals surface area contributed by atoms with Gasteiger partial charge in [0.2, 0.25) is 0 Å². The van der Waals surface area contributed by atoms with Crippen LogP contribution in [0.3, 0.4) is 0 Å². The van der Waals surface area contributed by atoms with Crippen molar-refractivity contribution >= 4 is 23.7 Å². The van der Waals surface area contributed by atoms with Gasteiger partial charge in [-0.15, -0.1) is 0 Å². The minimum atomic E-state index is -1.01. The Balaban J connectivity index is 1.80. The van der Waals surface area contributed by atoms with Gasteiger partial charge in [0.15, 0.2) is 6.10 Å². The average molecular weight is 394 g/mol. The molecule has 0 aliphatic carbocycles. The number of esters is 1. The Morgan fingerprint density at radius 1 is 1.21 bits per heavy atom. The highest BCUT2D eigenvalue weighted by atomic mass is 19.1. The van der Waals surface area contributed by atoms with Crippen molar-refractivity contribution < 1.29 is 28.2 Å². The Labute approximate surface area is 164 Å². The van der Waals surface area contributed by atoms with Crippen molar-refractivity contribution in [3.05, 3.63) is 30.1 Å². The van der Waals surface area contributed by atoms with Gasteiger partial charge in [0.25, 0.3) is 5.91 Å². The third-order valence-electron chi connectivity index (χ3n) is 4.23. The normalized spacial score (nSPS) is 16.2. The van der Waals surface area contributed by atoms with Crippen molar-refractivity contribution in [3.8, 4) is 0 Å². The Morgan fingerprint density at radius 2 is 1.86 bits per heavy atom. The minimum absolute atomic E-state index is 0.290. The number of benzene rings is 1. The van der Waals surface area contributed by atoms with Gasteiger partial charge in [-0.2, -0.15) is 0 Å². The van der Waals surface area contributed by atoms with Crippen molar-refractivity contribution in [2.45, 2.75) is 52.2 Å². The minimum Gasteiger partial charge on any atom is -0.452 e. The van der Waals surface area contributed by atoms with Gasteiger partial charge < -0.3 is 19.7 Å². The van der Waals surface area contributed by atoms with Crippen molar-refractivity contribution in [2.75, 3.05) is 18.4 Å². The van der Waals surface area contributed by atoms with Crippen molar-refractivity contribution in [1.82, 2.24) is 4.90 Å². The summed E-state index contributed by atoms with van der Waals surface area (Å²) in [5.74, 6) is -1.88. The topological polar surface area (TPSA) is 84.9 Å². The van der Waals surface area contributed by atoms with Crippen LogP contribution in [0.1, 0.15) is 40.5 Å². The molecule has 0 spiro atoms. The van der Waals surface area contributed by atoms with Gasteiger partial charge >= 0.3 is 12.1 Å².